The Hall–Kier alpha value is -4.90. The summed E-state index contributed by atoms with van der Waals surface area (Å²) in [5.41, 5.74) is 0.968. The number of hydrogen-bond acceptors (Lipinski definition) is 9. The summed E-state index contributed by atoms with van der Waals surface area (Å²) in [5, 5.41) is 2.96. The van der Waals surface area contributed by atoms with Crippen molar-refractivity contribution in [3.05, 3.63) is 107 Å². The highest BCUT2D eigenvalue weighted by atomic mass is 16.6. The lowest BCUT2D eigenvalue weighted by Gasteiger charge is -2.24. The van der Waals surface area contributed by atoms with Crippen LogP contribution in [0.15, 0.2) is 77.7 Å². The molecule has 0 unspecified atom stereocenters. The molecule has 2 aromatic carbocycles. The molecular formula is C30H32N2O9. The number of carbonyl (C=O) groups excluding carboxylic acids is 4. The van der Waals surface area contributed by atoms with E-state index in [4.69, 9.17) is 23.4 Å². The molecule has 11 nitrogen and oxygen atoms in total. The Morgan fingerprint density at radius 3 is 2.15 bits per heavy atom. The van der Waals surface area contributed by atoms with E-state index in [9.17, 15) is 19.2 Å². The van der Waals surface area contributed by atoms with E-state index in [0.717, 1.165) is 25.3 Å². The molecule has 0 spiro atoms. The van der Waals surface area contributed by atoms with E-state index >= 15 is 0 Å². The normalized spacial score (nSPS) is 11.2. The van der Waals surface area contributed by atoms with Gasteiger partial charge in [-0.1, -0.05) is 73.3 Å². The second-order valence-corrected chi connectivity index (χ2v) is 8.74. The molecule has 1 N–H and O–H groups in total. The second kappa shape index (κ2) is 15.0. The summed E-state index contributed by atoms with van der Waals surface area (Å²) in [7, 11) is 3.88. The fraction of sp³-hybridized carbons (Fsp3) is 0.267. The predicted octanol–water partition coefficient (Wildman–Crippen LogP) is 4.30. The average molecular weight is 565 g/mol. The van der Waals surface area contributed by atoms with Crippen LogP contribution in [-0.4, -0.2) is 63.3 Å². The lowest BCUT2D eigenvalue weighted by molar-refractivity contribution is 0.0476. The Morgan fingerprint density at radius 1 is 0.927 bits per heavy atom. The molecule has 0 radical (unpaired) electrons. The van der Waals surface area contributed by atoms with E-state index in [1.165, 1.54) is 11.0 Å². The van der Waals surface area contributed by atoms with Gasteiger partial charge in [0.05, 0.1) is 26.9 Å². The van der Waals surface area contributed by atoms with Crippen molar-refractivity contribution < 1.29 is 42.5 Å². The van der Waals surface area contributed by atoms with Gasteiger partial charge in [-0.05, 0) is 11.1 Å². The Balaban J connectivity index is 1.82. The number of benzene rings is 2. The van der Waals surface area contributed by atoms with Crippen molar-refractivity contribution in [1.82, 2.24) is 10.2 Å². The van der Waals surface area contributed by atoms with Crippen molar-refractivity contribution in [1.29, 1.82) is 0 Å². The standard InChI is InChI=1S/C30H32N2O9/c1-5-16-40-29(35)26-25(28(34)38-4)24(27(33)37-3)23(41-26)19-39-18-22(21-14-10-7-11-15-21)31-30(36)32(2)17-20-12-8-6-9-13-20/h5-15,22H,1,16-19H2,2-4H3,(H,31,36)/t22-/m1/s1. The van der Waals surface area contributed by atoms with Gasteiger partial charge < -0.3 is 33.6 Å². The molecule has 1 aromatic heterocycles. The average Bonchev–Trinajstić information content (AvgIpc) is 3.38. The summed E-state index contributed by atoms with van der Waals surface area (Å²) in [6.07, 6.45) is 1.33. The first kappa shape index (κ1) is 30.6. The van der Waals surface area contributed by atoms with Crippen molar-refractivity contribution in [3.63, 3.8) is 0 Å². The summed E-state index contributed by atoms with van der Waals surface area (Å²) < 4.78 is 26.0. The maximum absolute atomic E-state index is 13.0. The number of esters is 3. The monoisotopic (exact) mass is 564 g/mol. The van der Waals surface area contributed by atoms with Crippen LogP contribution in [0.25, 0.3) is 0 Å². The third-order valence-corrected chi connectivity index (χ3v) is 5.90. The maximum Gasteiger partial charge on any atom is 0.375 e. The van der Waals surface area contributed by atoms with Gasteiger partial charge in [0.15, 0.2) is 0 Å². The van der Waals surface area contributed by atoms with Crippen molar-refractivity contribution >= 4 is 23.9 Å². The van der Waals surface area contributed by atoms with Crippen LogP contribution >= 0.6 is 0 Å². The molecule has 0 saturated heterocycles. The summed E-state index contributed by atoms with van der Waals surface area (Å²) >= 11 is 0. The van der Waals surface area contributed by atoms with Gasteiger partial charge in [0, 0.05) is 13.6 Å². The highest BCUT2D eigenvalue weighted by Gasteiger charge is 2.35. The molecule has 3 rings (SSSR count). The first-order chi connectivity index (χ1) is 19.8. The third-order valence-electron chi connectivity index (χ3n) is 5.90. The van der Waals surface area contributed by atoms with Gasteiger partial charge in [0.2, 0.25) is 5.76 Å². The van der Waals surface area contributed by atoms with Gasteiger partial charge in [-0.25, -0.2) is 19.2 Å². The zero-order chi connectivity index (χ0) is 29.8. The number of methoxy groups -OCH3 is 2. The van der Waals surface area contributed by atoms with E-state index in [-0.39, 0.29) is 37.2 Å². The Morgan fingerprint density at radius 2 is 1.54 bits per heavy atom. The SMILES string of the molecule is C=CCOC(=O)c1oc(COC[C@@H](NC(=O)N(C)Cc2ccccc2)c2ccccc2)c(C(=O)OC)c1C(=O)OC. The molecule has 0 bridgehead atoms. The molecule has 0 aliphatic carbocycles. The lowest BCUT2D eigenvalue weighted by atomic mass is 10.1. The summed E-state index contributed by atoms with van der Waals surface area (Å²) in [5.74, 6) is -3.62. The molecule has 1 heterocycles. The third kappa shape index (κ3) is 8.05. The molecule has 41 heavy (non-hydrogen) atoms. The van der Waals surface area contributed by atoms with Crippen LogP contribution in [0.5, 0.6) is 0 Å². The zero-order valence-corrected chi connectivity index (χ0v) is 23.1. The van der Waals surface area contributed by atoms with E-state index in [0.29, 0.717) is 6.54 Å². The first-order valence-electron chi connectivity index (χ1n) is 12.6. The number of rotatable bonds is 13. The number of ether oxygens (including phenoxy) is 4. The highest BCUT2D eigenvalue weighted by Crippen LogP contribution is 2.27. The number of furan rings is 1. The number of carbonyl (C=O) groups is 4. The van der Waals surface area contributed by atoms with Gasteiger partial charge in [-0.15, -0.1) is 0 Å². The largest absolute Gasteiger partial charge is 0.465 e. The van der Waals surface area contributed by atoms with Crippen LogP contribution in [-0.2, 0) is 32.1 Å². The minimum atomic E-state index is -1.00. The Kier molecular flexibility index (Phi) is 11.2. The van der Waals surface area contributed by atoms with Crippen LogP contribution in [0.4, 0.5) is 4.79 Å². The summed E-state index contributed by atoms with van der Waals surface area (Å²) in [4.78, 5) is 52.3. The van der Waals surface area contributed by atoms with Crippen molar-refractivity contribution in [3.8, 4) is 0 Å². The van der Waals surface area contributed by atoms with Crippen LogP contribution < -0.4 is 5.32 Å². The molecule has 0 saturated carbocycles. The highest BCUT2D eigenvalue weighted by molar-refractivity contribution is 6.10. The van der Waals surface area contributed by atoms with Crippen molar-refractivity contribution in [2.75, 3.05) is 34.5 Å². The van der Waals surface area contributed by atoms with Gasteiger partial charge >= 0.3 is 23.9 Å². The smallest absolute Gasteiger partial charge is 0.375 e. The van der Waals surface area contributed by atoms with Crippen LogP contribution in [0, 0.1) is 0 Å². The second-order valence-electron chi connectivity index (χ2n) is 8.74. The zero-order valence-electron chi connectivity index (χ0n) is 23.1. The number of hydrogen-bond donors (Lipinski definition) is 1. The van der Waals surface area contributed by atoms with Crippen molar-refractivity contribution in [2.24, 2.45) is 0 Å². The van der Waals surface area contributed by atoms with Crippen molar-refractivity contribution in [2.45, 2.75) is 19.2 Å². The maximum atomic E-state index is 13.0. The molecule has 0 fully saturated rings. The molecule has 0 aliphatic heterocycles. The summed E-state index contributed by atoms with van der Waals surface area (Å²) in [6, 6.07) is 17.8. The minimum absolute atomic E-state index is 0.0416. The van der Waals surface area contributed by atoms with Crippen LogP contribution in [0.3, 0.4) is 0 Å². The van der Waals surface area contributed by atoms with Crippen LogP contribution in [0.2, 0.25) is 0 Å². The van der Waals surface area contributed by atoms with Gasteiger partial charge in [-0.3, -0.25) is 0 Å². The molecular weight excluding hydrogens is 532 g/mol. The number of amides is 2. The molecule has 11 heteroatoms. The van der Waals surface area contributed by atoms with E-state index < -0.39 is 35.3 Å². The minimum Gasteiger partial charge on any atom is -0.465 e. The van der Waals surface area contributed by atoms with E-state index in [2.05, 4.69) is 11.9 Å². The Bertz CT molecular complexity index is 1350. The summed E-state index contributed by atoms with van der Waals surface area (Å²) in [6.45, 7) is 3.32. The lowest BCUT2D eigenvalue weighted by Crippen LogP contribution is -2.40. The van der Waals surface area contributed by atoms with Gasteiger partial charge in [0.1, 0.15) is 30.1 Å². The number of nitrogens with one attached hydrogen (secondary N) is 1. The fourth-order valence-electron chi connectivity index (χ4n) is 3.90. The first-order valence-corrected chi connectivity index (χ1v) is 12.6. The van der Waals surface area contributed by atoms with Gasteiger partial charge in [-0.2, -0.15) is 0 Å². The molecule has 0 aliphatic rings. The number of nitrogens with zero attached hydrogens (tertiary/aromatic N) is 1. The topological polar surface area (TPSA) is 134 Å². The van der Waals surface area contributed by atoms with E-state index in [1.54, 1.807) is 7.05 Å². The Labute approximate surface area is 237 Å². The molecule has 216 valence electrons. The van der Waals surface area contributed by atoms with Gasteiger partial charge in [0.25, 0.3) is 0 Å². The fourth-order valence-corrected chi connectivity index (χ4v) is 3.90. The number of urea groups is 1. The molecule has 2 amide bonds. The quantitative estimate of drug-likeness (QED) is 0.183. The van der Waals surface area contributed by atoms with Crippen LogP contribution in [0.1, 0.15) is 54.2 Å². The molecule has 3 aromatic rings. The molecule has 1 atom stereocenters. The van der Waals surface area contributed by atoms with E-state index in [1.807, 2.05) is 60.7 Å². The predicted molar refractivity (Wildman–Crippen MR) is 147 cm³/mol.